The van der Waals surface area contributed by atoms with Gasteiger partial charge in [0.15, 0.2) is 5.82 Å². The lowest BCUT2D eigenvalue weighted by Gasteiger charge is -2.19. The zero-order valence-electron chi connectivity index (χ0n) is 17.2. The van der Waals surface area contributed by atoms with Gasteiger partial charge in [-0.25, -0.2) is 21.6 Å². The number of rotatable bonds is 6. The number of aliphatic carboxylic acids is 1. The van der Waals surface area contributed by atoms with Gasteiger partial charge >= 0.3 is 5.97 Å². The Morgan fingerprint density at radius 1 is 1.18 bits per heavy atom. The molecule has 0 bridgehead atoms. The van der Waals surface area contributed by atoms with Crippen LogP contribution in [0.3, 0.4) is 0 Å². The highest BCUT2D eigenvalue weighted by Gasteiger charge is 2.39. The molecule has 0 fully saturated rings. The van der Waals surface area contributed by atoms with Gasteiger partial charge in [-0.2, -0.15) is 0 Å². The number of fused-ring (bicyclic) bond motifs is 1. The fourth-order valence-corrected chi connectivity index (χ4v) is 5.27. The van der Waals surface area contributed by atoms with E-state index in [2.05, 4.69) is 15.5 Å². The van der Waals surface area contributed by atoms with E-state index in [4.69, 9.17) is 4.52 Å². The summed E-state index contributed by atoms with van der Waals surface area (Å²) in [6.07, 6.45) is 0.262. The van der Waals surface area contributed by atoms with Crippen molar-refractivity contribution in [1.29, 1.82) is 0 Å². The van der Waals surface area contributed by atoms with Gasteiger partial charge in [0.25, 0.3) is 0 Å². The minimum atomic E-state index is -4.94. The Morgan fingerprint density at radius 3 is 2.55 bits per heavy atom. The number of aryl methyl sites for hydroxylation is 1. The Kier molecular flexibility index (Phi) is 5.48. The standard InChI is InChI=1S/C21H16F3N3O5S/c1-9-5-18(27-32-9)26-16-7-14(24)17(8-13(16)23)33(30,31)21-12(22)3-4-15-20(21)11(6-19(28)29)10(2)25-15/h3,5,7-8H,4,6H2,1-2H3,(H,26,27)(H,28,29). The lowest BCUT2D eigenvalue weighted by atomic mass is 9.94. The van der Waals surface area contributed by atoms with Gasteiger partial charge in [-0.05, 0) is 31.6 Å². The molecule has 172 valence electrons. The maximum absolute atomic E-state index is 14.9. The Balaban J connectivity index is 1.84. The molecule has 12 heteroatoms. The Hall–Kier alpha value is -3.67. The summed E-state index contributed by atoms with van der Waals surface area (Å²) < 4.78 is 75.9. The summed E-state index contributed by atoms with van der Waals surface area (Å²) in [5.74, 6) is -4.49. The van der Waals surface area contributed by atoms with Crippen molar-refractivity contribution in [1.82, 2.24) is 5.16 Å². The predicted molar refractivity (Wildman–Crippen MR) is 111 cm³/mol. The first kappa shape index (κ1) is 22.5. The number of carboxylic acids is 1. The molecule has 2 aromatic rings. The van der Waals surface area contributed by atoms with Crippen molar-refractivity contribution in [2.24, 2.45) is 4.99 Å². The monoisotopic (exact) mass is 479 g/mol. The Bertz CT molecular complexity index is 1430. The normalized spacial score (nSPS) is 16.0. The molecule has 0 spiro atoms. The largest absolute Gasteiger partial charge is 0.481 e. The van der Waals surface area contributed by atoms with Crippen LogP contribution in [0.5, 0.6) is 0 Å². The van der Waals surface area contributed by atoms with E-state index in [1.807, 2.05) is 0 Å². The lowest BCUT2D eigenvalue weighted by molar-refractivity contribution is -0.136. The topological polar surface area (TPSA) is 122 Å². The number of nitrogens with one attached hydrogen (secondary N) is 1. The first-order chi connectivity index (χ1) is 15.5. The van der Waals surface area contributed by atoms with Crippen LogP contribution in [-0.2, 0) is 14.6 Å². The third-order valence-corrected chi connectivity index (χ3v) is 6.88. The molecule has 33 heavy (non-hydrogen) atoms. The summed E-state index contributed by atoms with van der Waals surface area (Å²) in [4.78, 5) is 13.4. The molecule has 0 amide bonds. The molecule has 1 aliphatic carbocycles. The highest BCUT2D eigenvalue weighted by molar-refractivity contribution is 7.95. The van der Waals surface area contributed by atoms with Crippen LogP contribution in [0.1, 0.15) is 25.5 Å². The van der Waals surface area contributed by atoms with E-state index in [0.717, 1.165) is 6.08 Å². The molecular weight excluding hydrogens is 463 g/mol. The third-order valence-electron chi connectivity index (χ3n) is 5.05. The average Bonchev–Trinajstić information content (AvgIpc) is 3.26. The van der Waals surface area contributed by atoms with Crippen molar-refractivity contribution in [2.75, 3.05) is 5.32 Å². The molecule has 2 N–H and O–H groups in total. The van der Waals surface area contributed by atoms with Crippen molar-refractivity contribution in [3.8, 4) is 0 Å². The highest BCUT2D eigenvalue weighted by atomic mass is 32.2. The summed E-state index contributed by atoms with van der Waals surface area (Å²) in [6, 6.07) is 2.44. The van der Waals surface area contributed by atoms with Crippen LogP contribution in [0.4, 0.5) is 24.7 Å². The molecular formula is C21H16F3N3O5S. The first-order valence-corrected chi connectivity index (χ1v) is 11.0. The van der Waals surface area contributed by atoms with Crippen molar-refractivity contribution < 1.29 is 36.0 Å². The number of aliphatic imine (C=N–C) groups is 1. The van der Waals surface area contributed by atoms with Crippen molar-refractivity contribution in [3.05, 3.63) is 69.2 Å². The number of halogens is 3. The second-order valence-electron chi connectivity index (χ2n) is 7.37. The number of carbonyl (C=O) groups is 1. The van der Waals surface area contributed by atoms with Crippen LogP contribution < -0.4 is 5.32 Å². The molecule has 0 saturated heterocycles. The van der Waals surface area contributed by atoms with Gasteiger partial charge in [0, 0.05) is 29.8 Å². The van der Waals surface area contributed by atoms with Crippen molar-refractivity contribution in [3.63, 3.8) is 0 Å². The minimum Gasteiger partial charge on any atom is -0.481 e. The van der Waals surface area contributed by atoms with E-state index in [1.54, 1.807) is 6.92 Å². The quantitative estimate of drug-likeness (QED) is 0.626. The number of carboxylic acid groups (broad SMARTS) is 1. The second-order valence-corrected chi connectivity index (χ2v) is 9.22. The van der Waals surface area contributed by atoms with Crippen LogP contribution in [-0.4, -0.2) is 30.4 Å². The number of aromatic nitrogens is 1. The van der Waals surface area contributed by atoms with Gasteiger partial charge in [0.05, 0.1) is 17.8 Å². The fourth-order valence-electron chi connectivity index (χ4n) is 3.63. The summed E-state index contributed by atoms with van der Waals surface area (Å²) in [6.45, 7) is 3.05. The average molecular weight is 479 g/mol. The number of benzene rings is 1. The van der Waals surface area contributed by atoms with Gasteiger partial charge in [0.2, 0.25) is 9.84 Å². The molecule has 4 rings (SSSR count). The molecule has 0 unspecified atom stereocenters. The number of anilines is 2. The highest BCUT2D eigenvalue weighted by Crippen LogP contribution is 2.42. The van der Waals surface area contributed by atoms with E-state index < -0.39 is 55.2 Å². The second kappa shape index (κ2) is 8.03. The lowest BCUT2D eigenvalue weighted by Crippen LogP contribution is -2.19. The molecule has 0 radical (unpaired) electrons. The van der Waals surface area contributed by atoms with Gasteiger partial charge in [-0.3, -0.25) is 9.79 Å². The number of sulfone groups is 1. The van der Waals surface area contributed by atoms with Crippen molar-refractivity contribution in [2.45, 2.75) is 31.6 Å². The maximum Gasteiger partial charge on any atom is 0.307 e. The van der Waals surface area contributed by atoms with E-state index in [-0.39, 0.29) is 34.8 Å². The third kappa shape index (κ3) is 3.97. The predicted octanol–water partition coefficient (Wildman–Crippen LogP) is 4.49. The SMILES string of the molecule is CC1=C(CC(=O)O)C2=C(S(=O)(=O)c3cc(F)c(Nc4cc(C)on4)cc3F)C(F)=CCC2=N1. The molecule has 0 saturated carbocycles. The van der Waals surface area contributed by atoms with E-state index in [9.17, 15) is 31.5 Å². The zero-order chi connectivity index (χ0) is 24.1. The van der Waals surface area contributed by atoms with Crippen LogP contribution in [0.25, 0.3) is 0 Å². The Labute approximate surface area is 185 Å². The summed E-state index contributed by atoms with van der Waals surface area (Å²) in [7, 11) is -4.94. The van der Waals surface area contributed by atoms with Crippen LogP contribution in [0, 0.1) is 18.6 Å². The van der Waals surface area contributed by atoms with E-state index in [0.29, 0.717) is 17.9 Å². The molecule has 2 aliphatic rings. The van der Waals surface area contributed by atoms with Gasteiger partial charge in [-0.15, -0.1) is 0 Å². The van der Waals surface area contributed by atoms with Crippen molar-refractivity contribution >= 4 is 33.0 Å². The number of allylic oxidation sites excluding steroid dienone is 4. The molecule has 8 nitrogen and oxygen atoms in total. The summed E-state index contributed by atoms with van der Waals surface area (Å²) >= 11 is 0. The summed E-state index contributed by atoms with van der Waals surface area (Å²) in [5.41, 5.74) is -0.283. The number of hydrogen-bond acceptors (Lipinski definition) is 7. The molecule has 1 aromatic carbocycles. The molecule has 1 aromatic heterocycles. The number of hydrogen-bond donors (Lipinski definition) is 2. The zero-order valence-corrected chi connectivity index (χ0v) is 18.1. The fraction of sp³-hybridized carbons (Fsp3) is 0.190. The number of nitrogens with zero attached hydrogens (tertiary/aromatic N) is 2. The van der Waals surface area contributed by atoms with Gasteiger partial charge < -0.3 is 14.9 Å². The van der Waals surface area contributed by atoms with Gasteiger partial charge in [0.1, 0.15) is 33.0 Å². The van der Waals surface area contributed by atoms with Gasteiger partial charge in [-0.1, -0.05) is 5.16 Å². The van der Waals surface area contributed by atoms with Crippen LogP contribution >= 0.6 is 0 Å². The first-order valence-electron chi connectivity index (χ1n) is 9.53. The Morgan fingerprint density at radius 2 is 1.91 bits per heavy atom. The molecule has 2 heterocycles. The van der Waals surface area contributed by atoms with E-state index in [1.165, 1.54) is 13.0 Å². The smallest absolute Gasteiger partial charge is 0.307 e. The summed E-state index contributed by atoms with van der Waals surface area (Å²) in [5, 5.41) is 15.2. The minimum absolute atomic E-state index is 0.0000982. The van der Waals surface area contributed by atoms with E-state index >= 15 is 0 Å². The van der Waals surface area contributed by atoms with Crippen LogP contribution in [0.15, 0.2) is 66.3 Å². The molecule has 1 aliphatic heterocycles. The molecule has 0 atom stereocenters. The maximum atomic E-state index is 14.9. The van der Waals surface area contributed by atoms with Crippen LogP contribution in [0.2, 0.25) is 0 Å².